The van der Waals surface area contributed by atoms with Crippen molar-refractivity contribution < 1.29 is 32.6 Å². The number of carboxylic acid groups (broad SMARTS) is 1. The number of anilines is 1. The van der Waals surface area contributed by atoms with Crippen LogP contribution in [0, 0.1) is 0 Å². The summed E-state index contributed by atoms with van der Waals surface area (Å²) in [4.78, 5) is 29.0. The van der Waals surface area contributed by atoms with Gasteiger partial charge in [-0.15, -0.1) is 0 Å². The monoisotopic (exact) mass is 334 g/mol. The summed E-state index contributed by atoms with van der Waals surface area (Å²) in [5, 5.41) is 13.1. The van der Waals surface area contributed by atoms with E-state index in [0.717, 1.165) is 6.20 Å². The van der Waals surface area contributed by atoms with Crippen LogP contribution in [0.3, 0.4) is 0 Å². The molecule has 2 heterocycles. The lowest BCUT2D eigenvalue weighted by molar-refractivity contribution is -0.141. The van der Waals surface area contributed by atoms with Gasteiger partial charge in [-0.2, -0.15) is 13.2 Å². The minimum atomic E-state index is -4.60. The Kier molecular flexibility index (Phi) is 4.98. The van der Waals surface area contributed by atoms with Crippen molar-refractivity contribution in [2.45, 2.75) is 31.2 Å². The van der Waals surface area contributed by atoms with Gasteiger partial charge in [0, 0.05) is 0 Å². The van der Waals surface area contributed by atoms with Gasteiger partial charge in [0.05, 0.1) is 25.0 Å². The summed E-state index contributed by atoms with van der Waals surface area (Å²) >= 11 is 0. The third-order valence-electron chi connectivity index (χ3n) is 3.09. The molecule has 1 aliphatic heterocycles. The van der Waals surface area contributed by atoms with Gasteiger partial charge in [0.1, 0.15) is 6.10 Å². The minimum absolute atomic E-state index is 0.0308. The summed E-state index contributed by atoms with van der Waals surface area (Å²) in [7, 11) is 0. The lowest BCUT2D eigenvalue weighted by atomic mass is 10.0. The number of rotatable bonds is 3. The zero-order chi connectivity index (χ0) is 17.0. The van der Waals surface area contributed by atoms with E-state index in [0.29, 0.717) is 12.6 Å². The summed E-state index contributed by atoms with van der Waals surface area (Å²) in [5.74, 6) is -0.704. The molecular weight excluding hydrogens is 321 g/mol. The Morgan fingerprint density at radius 2 is 2.00 bits per heavy atom. The normalized spacial score (nSPS) is 21.5. The Bertz CT molecular complexity index is 571. The number of nitrogens with zero attached hydrogens (tertiary/aromatic N) is 2. The maximum atomic E-state index is 12.3. The topological polar surface area (TPSA) is 113 Å². The molecule has 126 valence electrons. The Morgan fingerprint density at radius 3 is 2.48 bits per heavy atom. The van der Waals surface area contributed by atoms with Crippen molar-refractivity contribution in [3.05, 3.63) is 18.1 Å². The number of amides is 2. The van der Waals surface area contributed by atoms with E-state index in [1.165, 1.54) is 0 Å². The van der Waals surface area contributed by atoms with E-state index in [1.54, 1.807) is 0 Å². The Balaban J connectivity index is 1.87. The molecule has 1 fully saturated rings. The molecule has 1 saturated heterocycles. The van der Waals surface area contributed by atoms with Gasteiger partial charge in [-0.1, -0.05) is 0 Å². The minimum Gasteiger partial charge on any atom is -0.465 e. The van der Waals surface area contributed by atoms with Crippen LogP contribution >= 0.6 is 0 Å². The van der Waals surface area contributed by atoms with Gasteiger partial charge < -0.3 is 20.5 Å². The van der Waals surface area contributed by atoms with Crippen molar-refractivity contribution in [1.29, 1.82) is 0 Å². The van der Waals surface area contributed by atoms with Crippen LogP contribution in [-0.4, -0.2) is 45.8 Å². The summed E-state index contributed by atoms with van der Waals surface area (Å²) in [6.45, 7) is 0.0308. The van der Waals surface area contributed by atoms with Crippen LogP contribution in [-0.2, 0) is 15.7 Å². The van der Waals surface area contributed by atoms with Gasteiger partial charge >= 0.3 is 12.3 Å². The van der Waals surface area contributed by atoms with Crippen molar-refractivity contribution in [1.82, 2.24) is 15.3 Å². The van der Waals surface area contributed by atoms with Crippen LogP contribution in [0.15, 0.2) is 12.4 Å². The average Bonchev–Trinajstić information content (AvgIpc) is 2.47. The fraction of sp³-hybridized carbons (Fsp3) is 0.500. The predicted molar refractivity (Wildman–Crippen MR) is 69.6 cm³/mol. The van der Waals surface area contributed by atoms with Crippen LogP contribution in [0.2, 0.25) is 0 Å². The Labute approximate surface area is 128 Å². The third kappa shape index (κ3) is 4.77. The smallest absolute Gasteiger partial charge is 0.434 e. The molecule has 2 atom stereocenters. The van der Waals surface area contributed by atoms with Crippen molar-refractivity contribution in [2.24, 2.45) is 0 Å². The van der Waals surface area contributed by atoms with Crippen LogP contribution in [0.1, 0.15) is 18.5 Å². The third-order valence-corrected chi connectivity index (χ3v) is 3.09. The molecule has 1 aromatic heterocycles. The van der Waals surface area contributed by atoms with Crippen molar-refractivity contribution in [2.75, 3.05) is 11.9 Å². The second-order valence-corrected chi connectivity index (χ2v) is 4.82. The maximum absolute atomic E-state index is 12.3. The van der Waals surface area contributed by atoms with E-state index in [4.69, 9.17) is 9.84 Å². The van der Waals surface area contributed by atoms with Crippen LogP contribution in [0.25, 0.3) is 0 Å². The number of aromatic nitrogens is 2. The second-order valence-electron chi connectivity index (χ2n) is 4.82. The van der Waals surface area contributed by atoms with Gasteiger partial charge in [-0.25, -0.2) is 14.8 Å². The molecule has 11 heteroatoms. The molecule has 2 rings (SSSR count). The fourth-order valence-electron chi connectivity index (χ4n) is 1.99. The number of hydrogen-bond donors (Lipinski definition) is 3. The fourth-order valence-corrected chi connectivity index (χ4v) is 1.99. The van der Waals surface area contributed by atoms with Gasteiger partial charge in [0.2, 0.25) is 0 Å². The molecule has 3 N–H and O–H groups in total. The molecule has 0 spiro atoms. The first-order valence-electron chi connectivity index (χ1n) is 6.57. The highest BCUT2D eigenvalue weighted by atomic mass is 19.4. The molecule has 1 aromatic rings. The number of carbonyl (C=O) groups excluding carboxylic acids is 1. The van der Waals surface area contributed by atoms with Gasteiger partial charge in [0.25, 0.3) is 5.91 Å². The van der Waals surface area contributed by atoms with E-state index < -0.39 is 36.0 Å². The van der Waals surface area contributed by atoms with E-state index in [2.05, 4.69) is 20.6 Å². The van der Waals surface area contributed by atoms with Crippen LogP contribution in [0.5, 0.6) is 0 Å². The molecule has 0 aromatic carbocycles. The first-order valence-corrected chi connectivity index (χ1v) is 6.57. The predicted octanol–water partition coefficient (Wildman–Crippen LogP) is 1.25. The number of carbonyl (C=O) groups is 2. The lowest BCUT2D eigenvalue weighted by Crippen LogP contribution is -2.45. The molecule has 2 amide bonds. The number of alkyl halides is 3. The van der Waals surface area contributed by atoms with Gasteiger partial charge in [-0.05, 0) is 12.8 Å². The van der Waals surface area contributed by atoms with Crippen LogP contribution < -0.4 is 10.6 Å². The second kappa shape index (κ2) is 6.77. The highest BCUT2D eigenvalue weighted by Crippen LogP contribution is 2.27. The Hall–Kier alpha value is -2.43. The van der Waals surface area contributed by atoms with E-state index in [-0.39, 0.29) is 18.8 Å². The molecule has 0 unspecified atom stereocenters. The highest BCUT2D eigenvalue weighted by Gasteiger charge is 2.33. The van der Waals surface area contributed by atoms with Crippen molar-refractivity contribution in [3.63, 3.8) is 0 Å². The quantitative estimate of drug-likeness (QED) is 0.767. The first-order chi connectivity index (χ1) is 10.8. The largest absolute Gasteiger partial charge is 0.465 e. The van der Waals surface area contributed by atoms with Gasteiger partial charge in [-0.3, -0.25) is 4.79 Å². The summed E-state index contributed by atoms with van der Waals surface area (Å²) in [6, 6.07) is -0.401. The number of ether oxygens (including phenoxy) is 1. The molecule has 1 aliphatic rings. The van der Waals surface area contributed by atoms with Gasteiger partial charge in [0.15, 0.2) is 11.5 Å². The molecule has 0 bridgehead atoms. The molecule has 0 saturated carbocycles. The summed E-state index contributed by atoms with van der Waals surface area (Å²) in [6.07, 6.45) is -4.61. The molecular formula is C12H13F3N4O4. The SMILES string of the molecule is O=C(O)N[C@@H]1CC[C@@H](C(=O)Nc2cnc(C(F)(F)F)cn2)OC1. The van der Waals surface area contributed by atoms with Crippen LogP contribution in [0.4, 0.5) is 23.8 Å². The van der Waals surface area contributed by atoms with Crippen molar-refractivity contribution >= 4 is 17.8 Å². The standard InChI is InChI=1S/C12H13F3N4O4/c13-12(14,15)8-3-17-9(4-16-8)19-10(20)7-2-1-6(5-23-7)18-11(21)22/h3-4,6-7,18H,1-2,5H2,(H,21,22)(H,17,19,20)/t6-,7+/m1/s1. The molecule has 8 nitrogen and oxygen atoms in total. The summed E-state index contributed by atoms with van der Waals surface area (Å²) < 4.78 is 42.3. The zero-order valence-corrected chi connectivity index (χ0v) is 11.6. The van der Waals surface area contributed by atoms with E-state index in [1.807, 2.05) is 0 Å². The maximum Gasteiger partial charge on any atom is 0.434 e. The Morgan fingerprint density at radius 1 is 1.26 bits per heavy atom. The van der Waals surface area contributed by atoms with E-state index >= 15 is 0 Å². The summed E-state index contributed by atoms with van der Waals surface area (Å²) in [5.41, 5.74) is -1.16. The molecule has 0 aliphatic carbocycles. The number of nitrogens with one attached hydrogen (secondary N) is 2. The number of halogens is 3. The van der Waals surface area contributed by atoms with E-state index in [9.17, 15) is 22.8 Å². The highest BCUT2D eigenvalue weighted by molar-refractivity contribution is 5.93. The zero-order valence-electron chi connectivity index (χ0n) is 11.6. The lowest BCUT2D eigenvalue weighted by Gasteiger charge is -2.27. The average molecular weight is 334 g/mol. The first kappa shape index (κ1) is 16.9. The number of hydrogen-bond acceptors (Lipinski definition) is 5. The molecule has 23 heavy (non-hydrogen) atoms. The molecule has 0 radical (unpaired) electrons. The van der Waals surface area contributed by atoms with Crippen molar-refractivity contribution in [3.8, 4) is 0 Å².